The molecular weight excluding hydrogens is 302 g/mol. The molecule has 0 saturated carbocycles. The number of aromatic amines is 1. The number of benzene rings is 1. The molecule has 1 amide bonds. The molecule has 0 atom stereocenters. The summed E-state index contributed by atoms with van der Waals surface area (Å²) in [6.07, 6.45) is 8.72. The number of nitrogens with one attached hydrogen (secondary N) is 1. The fraction of sp³-hybridized carbons (Fsp3) is 0.167. The molecule has 0 radical (unpaired) electrons. The lowest BCUT2D eigenvalue weighted by Crippen LogP contribution is -2.31. The van der Waals surface area contributed by atoms with Crippen molar-refractivity contribution in [1.29, 1.82) is 0 Å². The summed E-state index contributed by atoms with van der Waals surface area (Å²) in [7, 11) is 0. The number of rotatable bonds is 6. The van der Waals surface area contributed by atoms with Crippen LogP contribution in [0.15, 0.2) is 49.3 Å². The van der Waals surface area contributed by atoms with Gasteiger partial charge in [0.1, 0.15) is 0 Å². The quantitative estimate of drug-likeness (QED) is 0.559. The molecule has 24 heavy (non-hydrogen) atoms. The van der Waals surface area contributed by atoms with Crippen LogP contribution in [0, 0.1) is 12.3 Å². The Balaban J connectivity index is 1.79. The Kier molecular flexibility index (Phi) is 4.43. The van der Waals surface area contributed by atoms with Crippen molar-refractivity contribution >= 4 is 16.9 Å². The number of fused-ring (bicyclic) bond motifs is 1. The molecule has 0 saturated heterocycles. The van der Waals surface area contributed by atoms with E-state index in [-0.39, 0.29) is 12.5 Å². The highest BCUT2D eigenvalue weighted by molar-refractivity contribution is 5.92. The highest BCUT2D eigenvalue weighted by Crippen LogP contribution is 2.14. The molecule has 0 fully saturated rings. The Morgan fingerprint density at radius 1 is 1.46 bits per heavy atom. The summed E-state index contributed by atoms with van der Waals surface area (Å²) in [5, 5.41) is 7.01. The van der Waals surface area contributed by atoms with Crippen molar-refractivity contribution in [2.24, 2.45) is 0 Å². The molecule has 0 unspecified atom stereocenters. The van der Waals surface area contributed by atoms with Gasteiger partial charge in [-0.2, -0.15) is 5.10 Å². The maximum absolute atomic E-state index is 12.4. The van der Waals surface area contributed by atoms with Gasteiger partial charge < -0.3 is 9.47 Å². The second kappa shape index (κ2) is 6.84. The molecule has 0 aliphatic carbocycles. The van der Waals surface area contributed by atoms with Crippen molar-refractivity contribution in [2.45, 2.75) is 6.54 Å². The number of hydrogen-bond acceptors (Lipinski definition) is 3. The summed E-state index contributed by atoms with van der Waals surface area (Å²) in [4.78, 5) is 18.3. The van der Waals surface area contributed by atoms with Crippen LogP contribution in [0.25, 0.3) is 11.0 Å². The summed E-state index contributed by atoms with van der Waals surface area (Å²) < 4.78 is 2.00. The van der Waals surface area contributed by atoms with E-state index < -0.39 is 0 Å². The Hall–Kier alpha value is -3.33. The van der Waals surface area contributed by atoms with Crippen molar-refractivity contribution in [1.82, 2.24) is 24.6 Å². The Labute approximate surface area is 139 Å². The van der Waals surface area contributed by atoms with E-state index in [4.69, 9.17) is 6.42 Å². The summed E-state index contributed by atoms with van der Waals surface area (Å²) in [6, 6.07) is 9.62. The first-order chi connectivity index (χ1) is 11.7. The number of amides is 1. The second-order valence-corrected chi connectivity index (χ2v) is 5.32. The number of aromatic nitrogens is 4. The predicted molar refractivity (Wildman–Crippen MR) is 92.4 cm³/mol. The average molecular weight is 319 g/mol. The molecule has 1 N–H and O–H groups in total. The van der Waals surface area contributed by atoms with Crippen LogP contribution in [-0.2, 0) is 6.54 Å². The zero-order valence-electron chi connectivity index (χ0n) is 13.1. The van der Waals surface area contributed by atoms with Crippen molar-refractivity contribution in [3.63, 3.8) is 0 Å². The lowest BCUT2D eigenvalue weighted by Gasteiger charge is -2.16. The molecule has 2 aromatic heterocycles. The SMILES string of the molecule is C#CCN(CC=C)C(=O)c1cc(Cn2cnc3ccccc32)[nH]n1. The standard InChI is InChI=1S/C18H17N5O/c1-3-9-22(10-4-2)18(24)16-11-14(20-21-16)12-23-13-19-15-7-5-6-8-17(15)23/h1,4-8,11,13H,2,9-10,12H2,(H,20,21). The Morgan fingerprint density at radius 3 is 3.08 bits per heavy atom. The van der Waals surface area contributed by atoms with Crippen molar-refractivity contribution < 1.29 is 4.79 Å². The van der Waals surface area contributed by atoms with Crippen molar-refractivity contribution in [2.75, 3.05) is 13.1 Å². The van der Waals surface area contributed by atoms with Gasteiger partial charge in [-0.05, 0) is 18.2 Å². The highest BCUT2D eigenvalue weighted by atomic mass is 16.2. The van der Waals surface area contributed by atoms with E-state index in [0.29, 0.717) is 18.8 Å². The van der Waals surface area contributed by atoms with Gasteiger partial charge in [-0.3, -0.25) is 9.89 Å². The molecule has 3 rings (SSSR count). The van der Waals surface area contributed by atoms with Crippen LogP contribution in [0.3, 0.4) is 0 Å². The molecule has 0 aliphatic rings. The minimum absolute atomic E-state index is 0.217. The third-order valence-electron chi connectivity index (χ3n) is 3.64. The average Bonchev–Trinajstić information content (AvgIpc) is 3.22. The van der Waals surface area contributed by atoms with Crippen molar-refractivity contribution in [3.8, 4) is 12.3 Å². The molecule has 6 heteroatoms. The fourth-order valence-corrected chi connectivity index (χ4v) is 2.52. The molecule has 0 spiro atoms. The number of terminal acetylenes is 1. The maximum Gasteiger partial charge on any atom is 0.275 e. The minimum atomic E-state index is -0.217. The Morgan fingerprint density at radius 2 is 2.29 bits per heavy atom. The van der Waals surface area contributed by atoms with Crippen LogP contribution in [0.5, 0.6) is 0 Å². The van der Waals surface area contributed by atoms with E-state index in [0.717, 1.165) is 16.7 Å². The van der Waals surface area contributed by atoms with E-state index >= 15 is 0 Å². The summed E-state index contributed by atoms with van der Waals surface area (Å²) >= 11 is 0. The van der Waals surface area contributed by atoms with Gasteiger partial charge in [-0.15, -0.1) is 13.0 Å². The molecule has 120 valence electrons. The zero-order valence-corrected chi connectivity index (χ0v) is 13.1. The molecule has 6 nitrogen and oxygen atoms in total. The maximum atomic E-state index is 12.4. The van der Waals surface area contributed by atoms with Crippen molar-refractivity contribution in [3.05, 3.63) is 60.7 Å². The van der Waals surface area contributed by atoms with Gasteiger partial charge in [-0.25, -0.2) is 4.98 Å². The van der Waals surface area contributed by atoms with Gasteiger partial charge in [0.15, 0.2) is 5.69 Å². The van der Waals surface area contributed by atoms with E-state index in [2.05, 4.69) is 27.7 Å². The van der Waals surface area contributed by atoms with Crippen LogP contribution < -0.4 is 0 Å². The predicted octanol–water partition coefficient (Wildman–Crippen LogP) is 2.07. The van der Waals surface area contributed by atoms with Crippen LogP contribution in [0.2, 0.25) is 0 Å². The number of hydrogen-bond donors (Lipinski definition) is 1. The first kappa shape index (κ1) is 15.6. The molecular formula is C18H17N5O. The fourth-order valence-electron chi connectivity index (χ4n) is 2.52. The third kappa shape index (κ3) is 3.06. The topological polar surface area (TPSA) is 66.8 Å². The van der Waals surface area contributed by atoms with Crippen LogP contribution in [-0.4, -0.2) is 43.6 Å². The minimum Gasteiger partial charge on any atom is -0.325 e. The molecule has 0 aliphatic heterocycles. The van der Waals surface area contributed by atoms with E-state index in [1.807, 2.05) is 28.8 Å². The van der Waals surface area contributed by atoms with Gasteiger partial charge in [-0.1, -0.05) is 24.1 Å². The van der Waals surface area contributed by atoms with Gasteiger partial charge in [0.2, 0.25) is 0 Å². The lowest BCUT2D eigenvalue weighted by molar-refractivity contribution is 0.0787. The van der Waals surface area contributed by atoms with Gasteiger partial charge in [0, 0.05) is 6.54 Å². The summed E-state index contributed by atoms with van der Waals surface area (Å²) in [5.74, 6) is 2.26. The number of nitrogens with zero attached hydrogens (tertiary/aromatic N) is 4. The summed E-state index contributed by atoms with van der Waals surface area (Å²) in [6.45, 7) is 4.80. The largest absolute Gasteiger partial charge is 0.325 e. The van der Waals surface area contributed by atoms with Crippen LogP contribution in [0.4, 0.5) is 0 Å². The normalized spacial score (nSPS) is 10.5. The zero-order chi connectivity index (χ0) is 16.9. The highest BCUT2D eigenvalue weighted by Gasteiger charge is 2.17. The lowest BCUT2D eigenvalue weighted by atomic mass is 10.3. The first-order valence-electron chi connectivity index (χ1n) is 7.50. The van der Waals surface area contributed by atoms with E-state index in [9.17, 15) is 4.79 Å². The van der Waals surface area contributed by atoms with Gasteiger partial charge >= 0.3 is 0 Å². The first-order valence-corrected chi connectivity index (χ1v) is 7.50. The molecule has 0 bridgehead atoms. The van der Waals surface area contributed by atoms with Gasteiger partial charge in [0.25, 0.3) is 5.91 Å². The molecule has 3 aromatic rings. The van der Waals surface area contributed by atoms with Gasteiger partial charge in [0.05, 0.1) is 36.1 Å². The van der Waals surface area contributed by atoms with Crippen LogP contribution in [0.1, 0.15) is 16.2 Å². The van der Waals surface area contributed by atoms with Crippen LogP contribution >= 0.6 is 0 Å². The monoisotopic (exact) mass is 319 g/mol. The second-order valence-electron chi connectivity index (χ2n) is 5.32. The molecule has 2 heterocycles. The van der Waals surface area contributed by atoms with E-state index in [1.54, 1.807) is 18.5 Å². The Bertz CT molecular complexity index is 915. The number of imidazole rings is 1. The molecule has 1 aromatic carbocycles. The van der Waals surface area contributed by atoms with E-state index in [1.165, 1.54) is 4.90 Å². The number of carbonyl (C=O) groups is 1. The number of carbonyl (C=O) groups excluding carboxylic acids is 1. The third-order valence-corrected chi connectivity index (χ3v) is 3.64. The summed E-state index contributed by atoms with van der Waals surface area (Å²) in [5.41, 5.74) is 3.12. The number of H-pyrrole nitrogens is 1. The number of para-hydroxylation sites is 2. The smallest absolute Gasteiger partial charge is 0.275 e.